The van der Waals surface area contributed by atoms with E-state index in [-0.39, 0.29) is 5.92 Å². The first-order chi connectivity index (χ1) is 12.8. The zero-order valence-electron chi connectivity index (χ0n) is 14.1. The molecule has 128 valence electrons. The molecule has 0 amide bonds. The van der Waals surface area contributed by atoms with Crippen molar-refractivity contribution in [2.75, 3.05) is 0 Å². The molecule has 1 aliphatic carbocycles. The lowest BCUT2D eigenvalue weighted by Gasteiger charge is -2.40. The highest BCUT2D eigenvalue weighted by Gasteiger charge is 2.44. The number of nitrogens with zero attached hydrogens (tertiary/aromatic N) is 4. The molecule has 0 radical (unpaired) electrons. The molecule has 1 aromatic carbocycles. The topological polar surface area (TPSA) is 93.4 Å². The van der Waals surface area contributed by atoms with Gasteiger partial charge >= 0.3 is 0 Å². The van der Waals surface area contributed by atoms with E-state index in [1.807, 2.05) is 18.2 Å². The number of aromatic amines is 1. The molecule has 6 heteroatoms. The lowest BCUT2D eigenvalue weighted by Crippen LogP contribution is -2.49. The number of aromatic nitrogens is 5. The summed E-state index contributed by atoms with van der Waals surface area (Å²) in [5, 5.41) is 1.23. The first-order valence-electron chi connectivity index (χ1n) is 8.65. The molecule has 26 heavy (non-hydrogen) atoms. The van der Waals surface area contributed by atoms with E-state index in [9.17, 15) is 0 Å². The molecule has 0 saturated heterocycles. The maximum absolute atomic E-state index is 7.06. The third-order valence-electron chi connectivity index (χ3n) is 5.42. The maximum Gasteiger partial charge on any atom is 0.115 e. The van der Waals surface area contributed by atoms with Gasteiger partial charge in [-0.15, -0.1) is 0 Å². The predicted octanol–water partition coefficient (Wildman–Crippen LogP) is 2.48. The Labute approximate surface area is 150 Å². The first-order valence-corrected chi connectivity index (χ1v) is 8.65. The highest BCUT2D eigenvalue weighted by atomic mass is 14.9. The van der Waals surface area contributed by atoms with Gasteiger partial charge in [0.05, 0.1) is 11.2 Å². The van der Waals surface area contributed by atoms with Crippen molar-refractivity contribution < 1.29 is 0 Å². The lowest BCUT2D eigenvalue weighted by molar-refractivity contribution is 0.312. The quantitative estimate of drug-likeness (QED) is 0.584. The Bertz CT molecular complexity index is 1060. The third kappa shape index (κ3) is 2.23. The molecule has 0 bridgehead atoms. The third-order valence-corrected chi connectivity index (χ3v) is 5.42. The van der Waals surface area contributed by atoms with Gasteiger partial charge in [0.1, 0.15) is 12.7 Å². The van der Waals surface area contributed by atoms with Crippen molar-refractivity contribution >= 4 is 10.9 Å². The molecule has 3 aromatic heterocycles. The summed E-state index contributed by atoms with van der Waals surface area (Å²) < 4.78 is 0. The van der Waals surface area contributed by atoms with Crippen LogP contribution in [0, 0.1) is 0 Å². The molecule has 4 aromatic rings. The number of fused-ring (bicyclic) bond motifs is 3. The summed E-state index contributed by atoms with van der Waals surface area (Å²) >= 11 is 0. The van der Waals surface area contributed by atoms with Gasteiger partial charge in [-0.1, -0.05) is 18.2 Å². The Morgan fingerprint density at radius 3 is 2.58 bits per heavy atom. The van der Waals surface area contributed by atoms with Crippen LogP contribution in [0.15, 0.2) is 61.4 Å². The van der Waals surface area contributed by atoms with Crippen LogP contribution in [0.5, 0.6) is 0 Å². The Balaban J connectivity index is 1.72. The Kier molecular flexibility index (Phi) is 3.33. The average Bonchev–Trinajstić information content (AvgIpc) is 3.06. The van der Waals surface area contributed by atoms with Crippen LogP contribution in [0.3, 0.4) is 0 Å². The SMILES string of the molecule is NC1(c2ccncn2)Cc2c([nH]c3ccccc23)CC1c1ccncn1. The number of hydrogen-bond donors (Lipinski definition) is 2. The van der Waals surface area contributed by atoms with Crippen LogP contribution >= 0.6 is 0 Å². The van der Waals surface area contributed by atoms with Gasteiger partial charge in [0.15, 0.2) is 0 Å². The monoisotopic (exact) mass is 342 g/mol. The van der Waals surface area contributed by atoms with Gasteiger partial charge in [-0.3, -0.25) is 0 Å². The number of rotatable bonds is 2. The van der Waals surface area contributed by atoms with Gasteiger partial charge in [0.2, 0.25) is 0 Å². The summed E-state index contributed by atoms with van der Waals surface area (Å²) in [4.78, 5) is 20.7. The molecular weight excluding hydrogens is 324 g/mol. The van der Waals surface area contributed by atoms with Crippen molar-refractivity contribution in [3.8, 4) is 0 Å². The summed E-state index contributed by atoms with van der Waals surface area (Å²) in [5.41, 5.74) is 11.8. The van der Waals surface area contributed by atoms with Crippen LogP contribution in [0.25, 0.3) is 10.9 Å². The Morgan fingerprint density at radius 2 is 1.81 bits per heavy atom. The second-order valence-corrected chi connectivity index (χ2v) is 6.83. The molecule has 3 heterocycles. The van der Waals surface area contributed by atoms with Crippen molar-refractivity contribution in [3.63, 3.8) is 0 Å². The van der Waals surface area contributed by atoms with E-state index in [4.69, 9.17) is 5.73 Å². The predicted molar refractivity (Wildman–Crippen MR) is 98.4 cm³/mol. The van der Waals surface area contributed by atoms with Crippen LogP contribution in [0.4, 0.5) is 0 Å². The summed E-state index contributed by atoms with van der Waals surface area (Å²) in [7, 11) is 0. The summed E-state index contributed by atoms with van der Waals surface area (Å²) in [5.74, 6) is 0.000891. The molecular formula is C20H18N6. The Hall–Kier alpha value is -3.12. The van der Waals surface area contributed by atoms with Crippen molar-refractivity contribution in [2.45, 2.75) is 24.3 Å². The van der Waals surface area contributed by atoms with Crippen LogP contribution in [0.2, 0.25) is 0 Å². The first kappa shape index (κ1) is 15.2. The van der Waals surface area contributed by atoms with E-state index in [0.29, 0.717) is 6.42 Å². The van der Waals surface area contributed by atoms with E-state index >= 15 is 0 Å². The molecule has 2 unspecified atom stereocenters. The van der Waals surface area contributed by atoms with Crippen LogP contribution in [0.1, 0.15) is 28.6 Å². The second-order valence-electron chi connectivity index (χ2n) is 6.83. The minimum atomic E-state index is -0.657. The number of hydrogen-bond acceptors (Lipinski definition) is 5. The number of H-pyrrole nitrogens is 1. The number of nitrogens with two attached hydrogens (primary N) is 1. The van der Waals surface area contributed by atoms with Gasteiger partial charge in [0.25, 0.3) is 0 Å². The normalized spacial score (nSPS) is 22.3. The highest BCUT2D eigenvalue weighted by Crippen LogP contribution is 2.44. The van der Waals surface area contributed by atoms with Gasteiger partial charge in [0, 0.05) is 40.6 Å². The molecule has 1 aliphatic rings. The summed E-state index contributed by atoms with van der Waals surface area (Å²) in [6.45, 7) is 0. The standard InChI is InChI=1S/C20H18N6/c21-20(19-6-8-23-12-25-19)10-14-13-3-1-2-4-16(13)26-18(14)9-15(20)17-5-7-22-11-24-17/h1-8,11-12,15,26H,9-10,21H2. The minimum Gasteiger partial charge on any atom is -0.358 e. The van der Waals surface area contributed by atoms with Gasteiger partial charge < -0.3 is 10.7 Å². The molecule has 0 saturated carbocycles. The fraction of sp³-hybridized carbons (Fsp3) is 0.200. The zero-order chi connectivity index (χ0) is 17.6. The molecule has 6 nitrogen and oxygen atoms in total. The van der Waals surface area contributed by atoms with Crippen LogP contribution in [-0.2, 0) is 18.4 Å². The smallest absolute Gasteiger partial charge is 0.115 e. The summed E-state index contributed by atoms with van der Waals surface area (Å²) in [6, 6.07) is 12.2. The van der Waals surface area contributed by atoms with E-state index < -0.39 is 5.54 Å². The van der Waals surface area contributed by atoms with Gasteiger partial charge in [-0.25, -0.2) is 19.9 Å². The van der Waals surface area contributed by atoms with Crippen molar-refractivity contribution in [1.82, 2.24) is 24.9 Å². The van der Waals surface area contributed by atoms with E-state index in [1.54, 1.807) is 25.0 Å². The van der Waals surface area contributed by atoms with Crippen LogP contribution < -0.4 is 5.73 Å². The molecule has 2 atom stereocenters. The molecule has 5 rings (SSSR count). The average molecular weight is 342 g/mol. The number of benzene rings is 1. The molecule has 3 N–H and O–H groups in total. The minimum absolute atomic E-state index is 0.000891. The van der Waals surface area contributed by atoms with Gasteiger partial charge in [-0.2, -0.15) is 0 Å². The van der Waals surface area contributed by atoms with Crippen LogP contribution in [-0.4, -0.2) is 24.9 Å². The molecule has 0 aliphatic heterocycles. The fourth-order valence-electron chi connectivity index (χ4n) is 4.14. The summed E-state index contributed by atoms with van der Waals surface area (Å²) in [6.07, 6.45) is 8.13. The van der Waals surface area contributed by atoms with E-state index in [1.165, 1.54) is 16.6 Å². The highest BCUT2D eigenvalue weighted by molar-refractivity contribution is 5.85. The lowest BCUT2D eigenvalue weighted by atomic mass is 9.69. The van der Waals surface area contributed by atoms with E-state index in [2.05, 4.69) is 43.1 Å². The van der Waals surface area contributed by atoms with Crippen molar-refractivity contribution in [1.29, 1.82) is 0 Å². The maximum atomic E-state index is 7.06. The largest absolute Gasteiger partial charge is 0.358 e. The van der Waals surface area contributed by atoms with E-state index in [0.717, 1.165) is 23.3 Å². The molecule has 0 spiro atoms. The number of para-hydroxylation sites is 1. The van der Waals surface area contributed by atoms with Gasteiger partial charge in [-0.05, 0) is 36.6 Å². The van der Waals surface area contributed by atoms with Crippen molar-refractivity contribution in [2.24, 2.45) is 5.73 Å². The fourth-order valence-corrected chi connectivity index (χ4v) is 4.14. The molecule has 0 fully saturated rings. The zero-order valence-corrected chi connectivity index (χ0v) is 14.1. The Morgan fingerprint density at radius 1 is 1.00 bits per heavy atom. The second kappa shape index (κ2) is 5.71. The number of nitrogens with one attached hydrogen (secondary N) is 1. The van der Waals surface area contributed by atoms with Crippen molar-refractivity contribution in [3.05, 3.63) is 84.1 Å².